The van der Waals surface area contributed by atoms with Crippen LogP contribution < -0.4 is 16.0 Å². The summed E-state index contributed by atoms with van der Waals surface area (Å²) in [4.78, 5) is 14.2. The van der Waals surface area contributed by atoms with Crippen molar-refractivity contribution >= 4 is 23.3 Å². The molecule has 3 atom stereocenters. The minimum Gasteiger partial charge on any atom is -0.383 e. The molecule has 1 saturated carbocycles. The van der Waals surface area contributed by atoms with Gasteiger partial charge in [-0.05, 0) is 50.9 Å². The molecule has 1 aromatic rings. The molecule has 0 bridgehead atoms. The summed E-state index contributed by atoms with van der Waals surface area (Å²) < 4.78 is 10.8. The molecule has 1 aromatic heterocycles. The van der Waals surface area contributed by atoms with Crippen LogP contribution in [0.5, 0.6) is 0 Å². The van der Waals surface area contributed by atoms with Crippen LogP contribution >= 0.6 is 11.6 Å². The fourth-order valence-electron chi connectivity index (χ4n) is 5.57. The van der Waals surface area contributed by atoms with Crippen molar-refractivity contribution in [2.45, 2.75) is 83.3 Å². The molecular formula is C27H43ClN6O2. The molecular weight excluding hydrogens is 476 g/mol. The quantitative estimate of drug-likeness (QED) is 0.445. The molecule has 3 N–H and O–H groups in total. The second-order valence-electron chi connectivity index (χ2n) is 11.1. The lowest BCUT2D eigenvalue weighted by atomic mass is 9.82. The van der Waals surface area contributed by atoms with Crippen molar-refractivity contribution < 1.29 is 9.47 Å². The number of nitrogens with zero attached hydrogens (tertiary/aromatic N) is 3. The Morgan fingerprint density at radius 2 is 2.00 bits per heavy atom. The molecule has 3 heterocycles. The van der Waals surface area contributed by atoms with Gasteiger partial charge in [0.15, 0.2) is 0 Å². The van der Waals surface area contributed by atoms with Crippen molar-refractivity contribution in [2.24, 2.45) is 16.3 Å². The Kier molecular flexibility index (Phi) is 9.61. The average molecular weight is 519 g/mol. The first-order valence-electron chi connectivity index (χ1n) is 13.5. The Bertz CT molecular complexity index is 911. The molecule has 3 aliphatic rings. The van der Waals surface area contributed by atoms with E-state index in [1.807, 2.05) is 12.3 Å². The predicted octanol–water partition coefficient (Wildman–Crippen LogP) is 4.44. The van der Waals surface area contributed by atoms with Crippen molar-refractivity contribution in [3.05, 3.63) is 29.3 Å². The van der Waals surface area contributed by atoms with Gasteiger partial charge in [0.1, 0.15) is 18.0 Å². The number of allylic oxidation sites excluding steroid dienone is 1. The van der Waals surface area contributed by atoms with E-state index in [9.17, 15) is 0 Å². The second kappa shape index (κ2) is 12.7. The first-order valence-corrected chi connectivity index (χ1v) is 13.8. The number of rotatable bonds is 9. The van der Waals surface area contributed by atoms with Crippen molar-refractivity contribution in [2.75, 3.05) is 38.8 Å². The smallest absolute Gasteiger partial charge is 0.129 e. The number of nitrogens with one attached hydrogen (secondary N) is 3. The molecule has 3 unspecified atom stereocenters. The normalized spacial score (nSPS) is 30.4. The van der Waals surface area contributed by atoms with Gasteiger partial charge < -0.3 is 25.4 Å². The van der Waals surface area contributed by atoms with Gasteiger partial charge in [-0.3, -0.25) is 4.99 Å². The molecule has 9 heteroatoms. The summed E-state index contributed by atoms with van der Waals surface area (Å²) in [5.74, 6) is 1.91. The highest BCUT2D eigenvalue weighted by atomic mass is 35.5. The molecule has 0 amide bonds. The fraction of sp³-hybridized carbons (Fsp3) is 0.741. The third-order valence-corrected chi connectivity index (χ3v) is 8.29. The fourth-order valence-corrected chi connectivity index (χ4v) is 5.92. The molecule has 200 valence electrons. The number of aliphatic imine (C=N–C) groups is 1. The largest absolute Gasteiger partial charge is 0.383 e. The lowest BCUT2D eigenvalue weighted by Gasteiger charge is -2.34. The minimum absolute atomic E-state index is 0.0400. The Hall–Kier alpha value is -1.74. The van der Waals surface area contributed by atoms with Crippen LogP contribution in [-0.2, 0) is 9.47 Å². The Morgan fingerprint density at radius 1 is 1.25 bits per heavy atom. The van der Waals surface area contributed by atoms with Crippen LogP contribution in [0.25, 0.3) is 0 Å². The highest BCUT2D eigenvalue weighted by molar-refractivity contribution is 6.31. The molecule has 0 aromatic carbocycles. The molecule has 0 spiro atoms. The van der Waals surface area contributed by atoms with Gasteiger partial charge in [0, 0.05) is 68.1 Å². The maximum atomic E-state index is 6.72. The number of methoxy groups -OCH3 is 1. The zero-order valence-corrected chi connectivity index (χ0v) is 23.0. The van der Waals surface area contributed by atoms with E-state index in [-0.39, 0.29) is 17.3 Å². The van der Waals surface area contributed by atoms with Gasteiger partial charge in [-0.25, -0.2) is 9.97 Å². The molecule has 2 fully saturated rings. The third-order valence-electron chi connectivity index (χ3n) is 7.94. The van der Waals surface area contributed by atoms with Crippen molar-refractivity contribution in [1.29, 1.82) is 0 Å². The number of ether oxygens (including phenoxy) is 2. The van der Waals surface area contributed by atoms with E-state index in [1.54, 1.807) is 13.4 Å². The molecule has 4 rings (SSSR count). The first-order chi connectivity index (χ1) is 17.4. The van der Waals surface area contributed by atoms with Crippen molar-refractivity contribution in [1.82, 2.24) is 20.6 Å². The maximum absolute atomic E-state index is 6.72. The number of hydrogen-bond acceptors (Lipinski definition) is 7. The van der Waals surface area contributed by atoms with Gasteiger partial charge in [-0.2, -0.15) is 0 Å². The summed E-state index contributed by atoms with van der Waals surface area (Å²) >= 11 is 6.72. The third kappa shape index (κ3) is 7.18. The monoisotopic (exact) mass is 518 g/mol. The average Bonchev–Trinajstić information content (AvgIpc) is 2.87. The number of halogens is 1. The lowest BCUT2D eigenvalue weighted by molar-refractivity contribution is 0.0299. The summed E-state index contributed by atoms with van der Waals surface area (Å²) in [6.07, 6.45) is 10.1. The zero-order valence-electron chi connectivity index (χ0n) is 22.2. The van der Waals surface area contributed by atoms with Crippen LogP contribution in [0.2, 0.25) is 0 Å². The van der Waals surface area contributed by atoms with E-state index >= 15 is 0 Å². The van der Waals surface area contributed by atoms with Crippen LogP contribution in [-0.4, -0.2) is 67.4 Å². The van der Waals surface area contributed by atoms with Crippen LogP contribution in [0.4, 0.5) is 5.82 Å². The maximum Gasteiger partial charge on any atom is 0.129 e. The highest BCUT2D eigenvalue weighted by Gasteiger charge is 2.33. The number of anilines is 1. The molecule has 8 nitrogen and oxygen atoms in total. The Labute approximate surface area is 221 Å². The Balaban J connectivity index is 1.38. The molecule has 36 heavy (non-hydrogen) atoms. The molecule has 0 radical (unpaired) electrons. The predicted molar refractivity (Wildman–Crippen MR) is 146 cm³/mol. The van der Waals surface area contributed by atoms with Crippen molar-refractivity contribution in [3.63, 3.8) is 0 Å². The zero-order chi connectivity index (χ0) is 25.5. The van der Waals surface area contributed by atoms with Gasteiger partial charge in [-0.1, -0.05) is 25.4 Å². The SMILES string of the molecule is COCC(C)NC1CCC(N=C2NC=C(Cl)C(c3cc(NCC4(C)CCOCC4)ncn3)C2C)CC1. The summed E-state index contributed by atoms with van der Waals surface area (Å²) in [5.41, 5.74) is 1.15. The van der Waals surface area contributed by atoms with E-state index in [0.717, 1.165) is 87.3 Å². The molecule has 1 saturated heterocycles. The van der Waals surface area contributed by atoms with Crippen LogP contribution in [0.3, 0.4) is 0 Å². The number of aromatic nitrogens is 2. The van der Waals surface area contributed by atoms with E-state index in [1.165, 1.54) is 0 Å². The van der Waals surface area contributed by atoms with E-state index in [0.29, 0.717) is 18.1 Å². The van der Waals surface area contributed by atoms with E-state index in [2.05, 4.69) is 46.7 Å². The topological polar surface area (TPSA) is 92.7 Å². The van der Waals surface area contributed by atoms with E-state index in [4.69, 9.17) is 26.1 Å². The standard InChI is InChI=1S/C27H43ClN6O2/c1-18(15-35-4)33-20-5-7-21(8-6-20)34-26-19(2)25(22(28)14-29-26)23-13-24(32-17-31-23)30-16-27(3)9-11-36-12-10-27/h13-14,17-21,25,33H,5-12,15-16H2,1-4H3,(H,29,34)(H,30,31,32). The second-order valence-corrected chi connectivity index (χ2v) is 11.5. The molecule has 1 aliphatic carbocycles. The van der Waals surface area contributed by atoms with Gasteiger partial charge >= 0.3 is 0 Å². The minimum atomic E-state index is -0.0400. The highest BCUT2D eigenvalue weighted by Crippen LogP contribution is 2.37. The van der Waals surface area contributed by atoms with Crippen LogP contribution in [0.15, 0.2) is 28.6 Å². The number of hydrogen-bond donors (Lipinski definition) is 3. The van der Waals surface area contributed by atoms with Gasteiger partial charge in [-0.15, -0.1) is 0 Å². The van der Waals surface area contributed by atoms with Crippen LogP contribution in [0, 0.1) is 11.3 Å². The Morgan fingerprint density at radius 3 is 2.72 bits per heavy atom. The van der Waals surface area contributed by atoms with Gasteiger partial charge in [0.2, 0.25) is 0 Å². The van der Waals surface area contributed by atoms with Crippen LogP contribution in [0.1, 0.15) is 70.9 Å². The summed E-state index contributed by atoms with van der Waals surface area (Å²) in [5, 5.41) is 11.3. The summed E-state index contributed by atoms with van der Waals surface area (Å²) in [6.45, 7) is 9.94. The molecule has 2 aliphatic heterocycles. The van der Waals surface area contributed by atoms with Gasteiger partial charge in [0.05, 0.1) is 18.3 Å². The first kappa shape index (κ1) is 27.3. The summed E-state index contributed by atoms with van der Waals surface area (Å²) in [6, 6.07) is 3.30. The number of amidine groups is 1. The summed E-state index contributed by atoms with van der Waals surface area (Å²) in [7, 11) is 1.75. The van der Waals surface area contributed by atoms with E-state index < -0.39 is 0 Å². The lowest BCUT2D eigenvalue weighted by Crippen LogP contribution is -2.42. The van der Waals surface area contributed by atoms with Gasteiger partial charge in [0.25, 0.3) is 0 Å². The van der Waals surface area contributed by atoms with Crippen molar-refractivity contribution in [3.8, 4) is 0 Å².